The van der Waals surface area contributed by atoms with E-state index in [2.05, 4.69) is 4.98 Å². The number of alkyl halides is 3. The van der Waals surface area contributed by atoms with Crippen LogP contribution >= 0.6 is 11.3 Å². The molecule has 8 heteroatoms. The van der Waals surface area contributed by atoms with E-state index in [0.717, 1.165) is 0 Å². The van der Waals surface area contributed by atoms with Gasteiger partial charge in [-0.05, 0) is 26.3 Å². The highest BCUT2D eigenvalue weighted by molar-refractivity contribution is 7.09. The third-order valence-electron chi connectivity index (χ3n) is 3.52. The first-order valence-electron chi connectivity index (χ1n) is 6.26. The molecule has 1 aliphatic rings. The minimum Gasteiger partial charge on any atom is -0.481 e. The molecule has 2 atom stereocenters. The average molecular weight is 308 g/mol. The van der Waals surface area contributed by atoms with Gasteiger partial charge in [-0.3, -0.25) is 9.69 Å². The Morgan fingerprint density at radius 1 is 1.60 bits per heavy atom. The molecule has 0 aromatic carbocycles. The number of aliphatic carboxylic acids is 1. The Kier molecular flexibility index (Phi) is 4.33. The molecule has 0 unspecified atom stereocenters. The van der Waals surface area contributed by atoms with Gasteiger partial charge < -0.3 is 5.11 Å². The van der Waals surface area contributed by atoms with Crippen LogP contribution in [-0.4, -0.2) is 33.5 Å². The molecule has 1 saturated heterocycles. The number of likely N-dealkylation sites (tertiary alicyclic amines) is 1. The molecular formula is C12H15F3N2O2S. The second-order valence-corrected chi connectivity index (χ2v) is 5.88. The maximum Gasteiger partial charge on any atom is 0.443 e. The molecule has 1 fully saturated rings. The van der Waals surface area contributed by atoms with Crippen molar-refractivity contribution in [3.63, 3.8) is 0 Å². The number of halogens is 3. The van der Waals surface area contributed by atoms with E-state index in [1.54, 1.807) is 0 Å². The van der Waals surface area contributed by atoms with Gasteiger partial charge in [-0.2, -0.15) is 13.2 Å². The van der Waals surface area contributed by atoms with E-state index < -0.39 is 17.2 Å². The molecule has 20 heavy (non-hydrogen) atoms. The zero-order valence-corrected chi connectivity index (χ0v) is 11.7. The summed E-state index contributed by atoms with van der Waals surface area (Å²) < 4.78 is 37.4. The fourth-order valence-electron chi connectivity index (χ4n) is 2.40. The smallest absolute Gasteiger partial charge is 0.443 e. The van der Waals surface area contributed by atoms with Crippen LogP contribution in [0.1, 0.15) is 30.5 Å². The van der Waals surface area contributed by atoms with E-state index in [-0.39, 0.29) is 12.0 Å². The summed E-state index contributed by atoms with van der Waals surface area (Å²) in [5, 5.41) is 9.55. The molecule has 1 aromatic rings. The van der Waals surface area contributed by atoms with Crippen molar-refractivity contribution in [2.45, 2.75) is 38.5 Å². The van der Waals surface area contributed by atoms with Gasteiger partial charge in [-0.25, -0.2) is 4.98 Å². The maximum atomic E-state index is 12.5. The van der Waals surface area contributed by atoms with Crippen LogP contribution in [0.4, 0.5) is 13.2 Å². The highest BCUT2D eigenvalue weighted by atomic mass is 32.1. The summed E-state index contributed by atoms with van der Waals surface area (Å²) in [5.74, 6) is -1.16. The van der Waals surface area contributed by atoms with E-state index in [9.17, 15) is 18.0 Å². The van der Waals surface area contributed by atoms with Gasteiger partial charge in [0.25, 0.3) is 0 Å². The van der Waals surface area contributed by atoms with Gasteiger partial charge in [0.05, 0.1) is 11.6 Å². The predicted octanol–water partition coefficient (Wildman–Crippen LogP) is 2.85. The molecule has 2 rings (SSSR count). The first-order valence-corrected chi connectivity index (χ1v) is 7.14. The van der Waals surface area contributed by atoms with Crippen LogP contribution in [0, 0.1) is 5.92 Å². The lowest BCUT2D eigenvalue weighted by Gasteiger charge is -2.35. The Labute approximate surface area is 118 Å². The van der Waals surface area contributed by atoms with Crippen molar-refractivity contribution >= 4 is 17.3 Å². The van der Waals surface area contributed by atoms with E-state index >= 15 is 0 Å². The molecule has 4 nitrogen and oxygen atoms in total. The number of hydrogen-bond donors (Lipinski definition) is 1. The molecule has 112 valence electrons. The highest BCUT2D eigenvalue weighted by Gasteiger charge is 2.35. The van der Waals surface area contributed by atoms with Gasteiger partial charge in [0.15, 0.2) is 5.01 Å². The third-order valence-corrected chi connectivity index (χ3v) is 4.46. The van der Waals surface area contributed by atoms with Gasteiger partial charge in [-0.15, -0.1) is 11.3 Å². The zero-order chi connectivity index (χ0) is 14.9. The maximum absolute atomic E-state index is 12.5. The molecule has 0 saturated carbocycles. The average Bonchev–Trinajstić information content (AvgIpc) is 2.80. The first-order chi connectivity index (χ1) is 9.27. The second-order valence-electron chi connectivity index (χ2n) is 5.02. The molecule has 0 amide bonds. The summed E-state index contributed by atoms with van der Waals surface area (Å²) in [6, 6.07) is 0.0286. The fraction of sp³-hybridized carbons (Fsp3) is 0.667. The van der Waals surface area contributed by atoms with Gasteiger partial charge >= 0.3 is 12.1 Å². The van der Waals surface area contributed by atoms with Crippen molar-refractivity contribution in [3.8, 4) is 0 Å². The van der Waals surface area contributed by atoms with E-state index in [1.807, 2.05) is 11.8 Å². The Balaban J connectivity index is 1.97. The Bertz CT molecular complexity index is 489. The van der Waals surface area contributed by atoms with Crippen LogP contribution in [0.5, 0.6) is 0 Å². The lowest BCUT2D eigenvalue weighted by Crippen LogP contribution is -2.42. The summed E-state index contributed by atoms with van der Waals surface area (Å²) >= 11 is 0.595. The number of nitrogens with zero attached hydrogens (tertiary/aromatic N) is 2. The van der Waals surface area contributed by atoms with Crippen molar-refractivity contribution in [2.75, 3.05) is 6.54 Å². The quantitative estimate of drug-likeness (QED) is 0.933. The number of aromatic nitrogens is 1. The minimum atomic E-state index is -4.40. The van der Waals surface area contributed by atoms with E-state index in [0.29, 0.717) is 43.0 Å². The van der Waals surface area contributed by atoms with Crippen LogP contribution in [0.25, 0.3) is 0 Å². The third kappa shape index (κ3) is 3.49. The van der Waals surface area contributed by atoms with Crippen molar-refractivity contribution in [1.29, 1.82) is 0 Å². The number of thiazole rings is 1. The van der Waals surface area contributed by atoms with Crippen molar-refractivity contribution in [2.24, 2.45) is 5.92 Å². The SMILES string of the molecule is C[C@@H]1C[C@H](C(=O)O)CCN1Cc1csc(C(F)(F)F)n1. The highest BCUT2D eigenvalue weighted by Crippen LogP contribution is 2.32. The molecule has 1 N–H and O–H groups in total. The number of piperidine rings is 1. The van der Waals surface area contributed by atoms with Gasteiger partial charge in [0, 0.05) is 18.0 Å². The molecule has 0 radical (unpaired) electrons. The van der Waals surface area contributed by atoms with E-state index in [1.165, 1.54) is 5.38 Å². The topological polar surface area (TPSA) is 53.4 Å². The monoisotopic (exact) mass is 308 g/mol. The summed E-state index contributed by atoms with van der Waals surface area (Å²) in [6.45, 7) is 2.79. The molecule has 1 aliphatic heterocycles. The lowest BCUT2D eigenvalue weighted by molar-refractivity contribution is -0.144. The molecule has 1 aromatic heterocycles. The summed E-state index contributed by atoms with van der Waals surface area (Å²) in [5.41, 5.74) is 0.392. The van der Waals surface area contributed by atoms with Crippen molar-refractivity contribution < 1.29 is 23.1 Å². The second kappa shape index (κ2) is 5.69. The Morgan fingerprint density at radius 2 is 2.30 bits per heavy atom. The van der Waals surface area contributed by atoms with Crippen molar-refractivity contribution in [1.82, 2.24) is 9.88 Å². The standard InChI is InChI=1S/C12H15F3N2O2S/c1-7-4-8(10(18)19)2-3-17(7)5-9-6-20-11(16-9)12(13,14)15/h6-8H,2-5H2,1H3,(H,18,19)/t7-,8-/m1/s1. The van der Waals surface area contributed by atoms with Crippen LogP contribution in [0.2, 0.25) is 0 Å². The summed E-state index contributed by atoms with van der Waals surface area (Å²) in [6.07, 6.45) is -3.35. The summed E-state index contributed by atoms with van der Waals surface area (Å²) in [7, 11) is 0. The molecule has 0 aliphatic carbocycles. The minimum absolute atomic E-state index is 0.0286. The zero-order valence-electron chi connectivity index (χ0n) is 10.9. The number of hydrogen-bond acceptors (Lipinski definition) is 4. The number of rotatable bonds is 3. The molecular weight excluding hydrogens is 293 g/mol. The van der Waals surface area contributed by atoms with Gasteiger partial charge in [0.2, 0.25) is 0 Å². The van der Waals surface area contributed by atoms with E-state index in [4.69, 9.17) is 5.11 Å². The number of carboxylic acid groups (broad SMARTS) is 1. The predicted molar refractivity (Wildman–Crippen MR) is 67.3 cm³/mol. The molecule has 0 bridgehead atoms. The Morgan fingerprint density at radius 3 is 2.80 bits per heavy atom. The lowest BCUT2D eigenvalue weighted by atomic mass is 9.92. The van der Waals surface area contributed by atoms with Crippen molar-refractivity contribution in [3.05, 3.63) is 16.1 Å². The van der Waals surface area contributed by atoms with Gasteiger partial charge in [0.1, 0.15) is 0 Å². The molecule has 2 heterocycles. The Hall–Kier alpha value is -1.15. The van der Waals surface area contributed by atoms with Gasteiger partial charge in [-0.1, -0.05) is 0 Å². The molecule has 0 spiro atoms. The van der Waals surface area contributed by atoms with Crippen LogP contribution in [-0.2, 0) is 17.5 Å². The summed E-state index contributed by atoms with van der Waals surface area (Å²) in [4.78, 5) is 16.5. The number of carbonyl (C=O) groups is 1. The first kappa shape index (κ1) is 15.2. The fourth-order valence-corrected chi connectivity index (χ4v) is 3.08. The van der Waals surface area contributed by atoms with Crippen LogP contribution < -0.4 is 0 Å². The largest absolute Gasteiger partial charge is 0.481 e. The number of carboxylic acids is 1. The van der Waals surface area contributed by atoms with Crippen LogP contribution in [0.15, 0.2) is 5.38 Å². The normalized spacial score (nSPS) is 24.8. The van der Waals surface area contributed by atoms with Crippen LogP contribution in [0.3, 0.4) is 0 Å².